The molecular weight excluding hydrogens is 370 g/mol. The molecule has 0 aliphatic rings. The van der Waals surface area contributed by atoms with Crippen LogP contribution in [0.3, 0.4) is 0 Å². The zero-order valence-electron chi connectivity index (χ0n) is 13.7. The van der Waals surface area contributed by atoms with E-state index in [4.69, 9.17) is 0 Å². The summed E-state index contributed by atoms with van der Waals surface area (Å²) in [5.41, 5.74) is -2.53. The quantitative estimate of drug-likeness (QED) is 0.516. The van der Waals surface area contributed by atoms with Gasteiger partial charge in [0.2, 0.25) is 0 Å². The van der Waals surface area contributed by atoms with Crippen LogP contribution < -0.4 is 10.6 Å². The second-order valence-corrected chi connectivity index (χ2v) is 5.26. The average molecular weight is 381 g/mol. The molecule has 0 aliphatic carbocycles. The summed E-state index contributed by atoms with van der Waals surface area (Å²) in [6.07, 6.45) is 0. The van der Waals surface area contributed by atoms with Crippen LogP contribution in [-0.4, -0.2) is 32.4 Å². The molecule has 3 rings (SSSR count). The van der Waals surface area contributed by atoms with E-state index in [9.17, 15) is 27.2 Å². The molecule has 7 nitrogen and oxygen atoms in total. The Bertz CT molecular complexity index is 1060. The van der Waals surface area contributed by atoms with Gasteiger partial charge < -0.3 is 0 Å². The fraction of sp³-hybridized carbons (Fsp3) is 0.125. The lowest BCUT2D eigenvalue weighted by molar-refractivity contribution is 0.243. The van der Waals surface area contributed by atoms with E-state index in [1.165, 1.54) is 13.0 Å². The van der Waals surface area contributed by atoms with E-state index in [2.05, 4.69) is 10.4 Å². The van der Waals surface area contributed by atoms with Crippen LogP contribution in [0, 0.1) is 23.3 Å². The normalized spacial score (nSPS) is 10.9. The van der Waals surface area contributed by atoms with Crippen LogP contribution in [0.2, 0.25) is 0 Å². The first-order valence-electron chi connectivity index (χ1n) is 7.62. The van der Waals surface area contributed by atoms with Crippen molar-refractivity contribution in [1.29, 1.82) is 0 Å². The van der Waals surface area contributed by atoms with Crippen LogP contribution in [0.4, 0.5) is 28.0 Å². The first-order chi connectivity index (χ1) is 12.9. The van der Waals surface area contributed by atoms with E-state index < -0.39 is 46.4 Å². The molecule has 27 heavy (non-hydrogen) atoms. The lowest BCUT2D eigenvalue weighted by Crippen LogP contribution is -2.41. The molecule has 0 saturated heterocycles. The Morgan fingerprint density at radius 3 is 2.22 bits per heavy atom. The van der Waals surface area contributed by atoms with Gasteiger partial charge >= 0.3 is 11.7 Å². The van der Waals surface area contributed by atoms with Gasteiger partial charge in [0.1, 0.15) is 5.69 Å². The molecule has 3 aromatic rings. The number of aromatic nitrogens is 4. The molecule has 0 N–H and O–H groups in total. The van der Waals surface area contributed by atoms with Gasteiger partial charge in [-0.2, -0.15) is 4.68 Å². The maximum absolute atomic E-state index is 14.0. The van der Waals surface area contributed by atoms with E-state index >= 15 is 0 Å². The van der Waals surface area contributed by atoms with Crippen molar-refractivity contribution in [3.05, 3.63) is 70.2 Å². The maximum Gasteiger partial charge on any atom is 0.377 e. The molecule has 0 aliphatic heterocycles. The first-order valence-corrected chi connectivity index (χ1v) is 7.62. The van der Waals surface area contributed by atoms with Crippen molar-refractivity contribution >= 4 is 11.7 Å². The molecule has 0 radical (unpaired) electrons. The zero-order chi connectivity index (χ0) is 19.7. The van der Waals surface area contributed by atoms with Gasteiger partial charge in [0.25, 0.3) is 0 Å². The molecule has 0 bridgehead atoms. The van der Waals surface area contributed by atoms with E-state index in [0.29, 0.717) is 0 Å². The number of anilines is 1. The van der Waals surface area contributed by atoms with Crippen molar-refractivity contribution < 1.29 is 22.4 Å². The predicted molar refractivity (Wildman–Crippen MR) is 85.7 cm³/mol. The molecule has 0 unspecified atom stereocenters. The molecule has 0 spiro atoms. The lowest BCUT2D eigenvalue weighted by Gasteiger charge is -2.20. The largest absolute Gasteiger partial charge is 0.377 e. The molecule has 1 heterocycles. The van der Waals surface area contributed by atoms with Crippen LogP contribution in [-0.2, 0) is 0 Å². The molecular formula is C16H11F4N5O2. The number of hydrogen-bond donors (Lipinski definition) is 0. The monoisotopic (exact) mass is 381 g/mol. The van der Waals surface area contributed by atoms with Gasteiger partial charge in [-0.05, 0) is 41.6 Å². The Morgan fingerprint density at radius 1 is 1.00 bits per heavy atom. The maximum atomic E-state index is 14.0. The van der Waals surface area contributed by atoms with Crippen LogP contribution in [0.1, 0.15) is 6.92 Å². The molecule has 1 aromatic heterocycles. The third-order valence-corrected chi connectivity index (χ3v) is 3.68. The fourth-order valence-corrected chi connectivity index (χ4v) is 2.42. The Kier molecular flexibility index (Phi) is 4.75. The predicted octanol–water partition coefficient (Wildman–Crippen LogP) is 2.48. The number of benzene rings is 2. The number of hydrogen-bond acceptors (Lipinski definition) is 4. The van der Waals surface area contributed by atoms with Crippen LogP contribution >= 0.6 is 0 Å². The minimum atomic E-state index is -1.30. The molecule has 140 valence electrons. The third kappa shape index (κ3) is 3.07. The van der Waals surface area contributed by atoms with Crippen LogP contribution in [0.15, 0.2) is 41.2 Å². The summed E-state index contributed by atoms with van der Waals surface area (Å²) >= 11 is 0. The second-order valence-electron chi connectivity index (χ2n) is 5.26. The standard InChI is InChI=1S/C16H11F4N5O2/c1-2-23(12-8-4-5-9(17)13(12)20)15(26)25-16(27)24(21-22-25)14-10(18)6-3-7-11(14)19/h3-8H,2H2,1H3. The Balaban J connectivity index is 2.07. The van der Waals surface area contributed by atoms with E-state index in [-0.39, 0.29) is 15.9 Å². The van der Waals surface area contributed by atoms with Crippen LogP contribution in [0.25, 0.3) is 5.69 Å². The molecule has 2 aromatic carbocycles. The van der Waals surface area contributed by atoms with Gasteiger partial charge in [-0.25, -0.2) is 27.2 Å². The number of halogens is 4. The molecule has 1 amide bonds. The van der Waals surface area contributed by atoms with E-state index in [1.807, 2.05) is 0 Å². The van der Waals surface area contributed by atoms with Crippen molar-refractivity contribution in [2.24, 2.45) is 0 Å². The third-order valence-electron chi connectivity index (χ3n) is 3.68. The number of rotatable bonds is 3. The van der Waals surface area contributed by atoms with Crippen molar-refractivity contribution in [3.8, 4) is 5.69 Å². The van der Waals surface area contributed by atoms with Gasteiger partial charge in [0.15, 0.2) is 23.3 Å². The molecule has 0 fully saturated rings. The fourth-order valence-electron chi connectivity index (χ4n) is 2.42. The minimum absolute atomic E-state index is 0.146. The van der Waals surface area contributed by atoms with E-state index in [1.54, 1.807) is 0 Å². The highest BCUT2D eigenvalue weighted by Gasteiger charge is 2.26. The average Bonchev–Trinajstić information content (AvgIpc) is 3.00. The van der Waals surface area contributed by atoms with Crippen molar-refractivity contribution in [2.45, 2.75) is 6.92 Å². The molecule has 11 heteroatoms. The van der Waals surface area contributed by atoms with Gasteiger partial charge in [-0.1, -0.05) is 12.1 Å². The Morgan fingerprint density at radius 2 is 1.59 bits per heavy atom. The van der Waals surface area contributed by atoms with Crippen LogP contribution in [0.5, 0.6) is 0 Å². The van der Waals surface area contributed by atoms with Gasteiger partial charge in [0, 0.05) is 6.54 Å². The zero-order valence-corrected chi connectivity index (χ0v) is 13.7. The first kappa shape index (κ1) is 18.3. The Hall–Kier alpha value is -3.50. The van der Waals surface area contributed by atoms with Gasteiger partial charge in [-0.15, -0.1) is 4.68 Å². The molecule has 0 atom stereocenters. The number of carbonyl (C=O) groups excluding carboxylic acids is 1. The summed E-state index contributed by atoms with van der Waals surface area (Å²) in [7, 11) is 0. The highest BCUT2D eigenvalue weighted by molar-refractivity contribution is 5.92. The summed E-state index contributed by atoms with van der Waals surface area (Å²) in [4.78, 5) is 25.7. The summed E-state index contributed by atoms with van der Waals surface area (Å²) < 4.78 is 55.6. The van der Waals surface area contributed by atoms with Gasteiger partial charge in [0.05, 0.1) is 5.69 Å². The Labute approximate surface area is 149 Å². The number of amides is 1. The number of para-hydroxylation sites is 1. The number of nitrogens with zero attached hydrogens (tertiary/aromatic N) is 5. The number of carbonyl (C=O) groups is 1. The smallest absolute Gasteiger partial charge is 0.290 e. The highest BCUT2D eigenvalue weighted by Crippen LogP contribution is 2.22. The second kappa shape index (κ2) is 7.02. The topological polar surface area (TPSA) is 73.0 Å². The minimum Gasteiger partial charge on any atom is -0.290 e. The van der Waals surface area contributed by atoms with Crippen molar-refractivity contribution in [2.75, 3.05) is 11.4 Å². The van der Waals surface area contributed by atoms with Crippen molar-refractivity contribution in [1.82, 2.24) is 19.8 Å². The summed E-state index contributed by atoms with van der Waals surface area (Å²) in [6.45, 7) is 1.31. The van der Waals surface area contributed by atoms with Crippen molar-refractivity contribution in [3.63, 3.8) is 0 Å². The molecule has 0 saturated carbocycles. The highest BCUT2D eigenvalue weighted by atomic mass is 19.2. The van der Waals surface area contributed by atoms with E-state index in [0.717, 1.165) is 35.2 Å². The number of tetrazole rings is 1. The summed E-state index contributed by atoms with van der Waals surface area (Å²) in [5.74, 6) is -4.68. The SMILES string of the molecule is CCN(C(=O)n1nnn(-c2c(F)cccc2F)c1=O)c1cccc(F)c1F. The lowest BCUT2D eigenvalue weighted by atomic mass is 10.2. The summed E-state index contributed by atoms with van der Waals surface area (Å²) in [6, 6.07) is 4.87. The summed E-state index contributed by atoms with van der Waals surface area (Å²) in [5, 5.41) is 6.60. The van der Waals surface area contributed by atoms with Gasteiger partial charge in [-0.3, -0.25) is 4.90 Å².